The fourth-order valence-electron chi connectivity index (χ4n) is 2.97. The molecule has 0 heterocycles. The van der Waals surface area contributed by atoms with E-state index in [4.69, 9.17) is 0 Å². The number of aliphatic imine (C=N–C) groups is 1. The average molecular weight is 439 g/mol. The van der Waals surface area contributed by atoms with Crippen LogP contribution in [0.5, 0.6) is 0 Å². The van der Waals surface area contributed by atoms with Gasteiger partial charge in [0.15, 0.2) is 15.8 Å². The molecule has 0 fully saturated rings. The zero-order valence-corrected chi connectivity index (χ0v) is 18.5. The molecule has 0 aromatic heterocycles. The van der Waals surface area contributed by atoms with Crippen molar-refractivity contribution in [3.05, 3.63) is 70.3 Å². The number of nitrogens with zero attached hydrogens (tertiary/aromatic N) is 2. The monoisotopic (exact) mass is 438 g/mol. The van der Waals surface area contributed by atoms with Crippen molar-refractivity contribution in [1.29, 1.82) is 0 Å². The number of halogens is 2. The third-order valence-electron chi connectivity index (χ3n) is 4.31. The van der Waals surface area contributed by atoms with Crippen molar-refractivity contribution >= 4 is 15.8 Å². The summed E-state index contributed by atoms with van der Waals surface area (Å²) in [5.74, 6) is -0.394. The summed E-state index contributed by atoms with van der Waals surface area (Å²) in [7, 11) is 2.10. The molecule has 0 bridgehead atoms. The molecular weight excluding hydrogens is 410 g/mol. The summed E-state index contributed by atoms with van der Waals surface area (Å²) in [6, 6.07) is 8.98. The first kappa shape index (κ1) is 23.8. The first-order chi connectivity index (χ1) is 14.1. The Kier molecular flexibility index (Phi) is 8.31. The van der Waals surface area contributed by atoms with E-state index in [0.717, 1.165) is 11.8 Å². The van der Waals surface area contributed by atoms with E-state index in [1.807, 2.05) is 19.0 Å². The Labute approximate surface area is 176 Å². The molecular formula is C21H28F2N4O2S. The van der Waals surface area contributed by atoms with Crippen molar-refractivity contribution in [3.63, 3.8) is 0 Å². The van der Waals surface area contributed by atoms with Crippen LogP contribution >= 0.6 is 0 Å². The highest BCUT2D eigenvalue weighted by Gasteiger charge is 2.11. The highest BCUT2D eigenvalue weighted by Crippen LogP contribution is 2.15. The van der Waals surface area contributed by atoms with Crippen LogP contribution in [0.4, 0.5) is 8.78 Å². The summed E-state index contributed by atoms with van der Waals surface area (Å²) in [6.45, 7) is 1.12. The first-order valence-corrected chi connectivity index (χ1v) is 11.4. The van der Waals surface area contributed by atoms with Gasteiger partial charge in [0.1, 0.15) is 11.6 Å². The Morgan fingerprint density at radius 3 is 2.33 bits per heavy atom. The molecule has 0 atom stereocenters. The minimum atomic E-state index is -3.25. The van der Waals surface area contributed by atoms with E-state index in [1.165, 1.54) is 24.3 Å². The normalized spacial score (nSPS) is 12.3. The molecule has 6 nitrogen and oxygen atoms in total. The van der Waals surface area contributed by atoms with Gasteiger partial charge in [0.05, 0.1) is 5.75 Å². The molecule has 0 unspecified atom stereocenters. The van der Waals surface area contributed by atoms with Crippen LogP contribution in [0.3, 0.4) is 0 Å². The number of guanidine groups is 1. The van der Waals surface area contributed by atoms with Gasteiger partial charge in [-0.2, -0.15) is 0 Å². The number of rotatable bonds is 8. The van der Waals surface area contributed by atoms with Crippen LogP contribution in [0.2, 0.25) is 0 Å². The predicted octanol–water partition coefficient (Wildman–Crippen LogP) is 2.44. The van der Waals surface area contributed by atoms with Crippen LogP contribution in [0.15, 0.2) is 41.4 Å². The van der Waals surface area contributed by atoms with Crippen molar-refractivity contribution in [3.8, 4) is 0 Å². The lowest BCUT2D eigenvalue weighted by atomic mass is 10.1. The van der Waals surface area contributed by atoms with Gasteiger partial charge in [0, 0.05) is 38.5 Å². The maximum Gasteiger partial charge on any atom is 0.191 e. The van der Waals surface area contributed by atoms with Gasteiger partial charge in [0.2, 0.25) is 0 Å². The molecule has 2 N–H and O–H groups in total. The molecule has 2 aromatic rings. The number of benzene rings is 2. The molecule has 9 heteroatoms. The molecule has 0 aliphatic carbocycles. The molecule has 2 aromatic carbocycles. The Bertz CT molecular complexity index is 1010. The summed E-state index contributed by atoms with van der Waals surface area (Å²) in [4.78, 5) is 6.03. The van der Waals surface area contributed by atoms with Gasteiger partial charge in [-0.1, -0.05) is 12.1 Å². The Morgan fingerprint density at radius 1 is 1.00 bits per heavy atom. The first-order valence-electron chi connectivity index (χ1n) is 9.39. The van der Waals surface area contributed by atoms with Crippen LogP contribution in [0.25, 0.3) is 0 Å². The smallest absolute Gasteiger partial charge is 0.191 e. The fraction of sp³-hybridized carbons (Fsp3) is 0.381. The molecule has 0 saturated heterocycles. The minimum absolute atomic E-state index is 0.166. The Morgan fingerprint density at radius 2 is 1.70 bits per heavy atom. The number of sulfone groups is 1. The minimum Gasteiger partial charge on any atom is -0.352 e. The average Bonchev–Trinajstić information content (AvgIpc) is 2.65. The van der Waals surface area contributed by atoms with Crippen LogP contribution in [0.1, 0.15) is 22.3 Å². The van der Waals surface area contributed by atoms with Gasteiger partial charge in [-0.25, -0.2) is 17.2 Å². The Balaban J connectivity index is 2.04. The zero-order chi connectivity index (χ0) is 22.3. The predicted molar refractivity (Wildman–Crippen MR) is 116 cm³/mol. The van der Waals surface area contributed by atoms with E-state index in [0.29, 0.717) is 35.7 Å². The van der Waals surface area contributed by atoms with E-state index in [1.54, 1.807) is 19.2 Å². The summed E-state index contributed by atoms with van der Waals surface area (Å²) >= 11 is 0. The molecule has 0 amide bonds. The third kappa shape index (κ3) is 7.72. The van der Waals surface area contributed by atoms with Crippen molar-refractivity contribution in [1.82, 2.24) is 15.5 Å². The van der Waals surface area contributed by atoms with Crippen LogP contribution in [0, 0.1) is 11.6 Å². The second kappa shape index (κ2) is 10.5. The van der Waals surface area contributed by atoms with Gasteiger partial charge in [-0.05, 0) is 55.1 Å². The zero-order valence-electron chi connectivity index (χ0n) is 17.7. The van der Waals surface area contributed by atoms with Gasteiger partial charge in [0.25, 0.3) is 0 Å². The topological polar surface area (TPSA) is 73.8 Å². The van der Waals surface area contributed by atoms with Crippen LogP contribution in [-0.2, 0) is 35.2 Å². The highest BCUT2D eigenvalue weighted by atomic mass is 32.2. The van der Waals surface area contributed by atoms with E-state index >= 15 is 0 Å². The summed E-state index contributed by atoms with van der Waals surface area (Å²) in [6.07, 6.45) is 1.14. The maximum absolute atomic E-state index is 13.9. The van der Waals surface area contributed by atoms with Gasteiger partial charge in [-0.3, -0.25) is 4.99 Å². The van der Waals surface area contributed by atoms with Gasteiger partial charge < -0.3 is 15.5 Å². The largest absolute Gasteiger partial charge is 0.352 e. The second-order valence-electron chi connectivity index (χ2n) is 7.43. The summed E-state index contributed by atoms with van der Waals surface area (Å²) in [5.41, 5.74) is 2.57. The molecule has 30 heavy (non-hydrogen) atoms. The van der Waals surface area contributed by atoms with E-state index in [9.17, 15) is 17.2 Å². The molecule has 164 valence electrons. The lowest BCUT2D eigenvalue weighted by molar-refractivity contribution is 0.392. The fourth-order valence-corrected chi connectivity index (χ4v) is 3.81. The van der Waals surface area contributed by atoms with Crippen LogP contribution < -0.4 is 10.6 Å². The standard InChI is InChI=1S/C21H28F2N4O2S/c1-24-21(25-11-15-5-8-20(23)18(9-15)13-27(2)3)26-12-17-10-19(22)7-6-16(17)14-30(4,28)29/h5-10H,11-14H2,1-4H3,(H2,24,25,26). The molecule has 0 radical (unpaired) electrons. The lowest BCUT2D eigenvalue weighted by Crippen LogP contribution is -2.36. The molecule has 0 saturated carbocycles. The van der Waals surface area contributed by atoms with Crippen LogP contribution in [-0.4, -0.2) is 46.7 Å². The molecule has 0 spiro atoms. The molecule has 0 aliphatic heterocycles. The summed E-state index contributed by atoms with van der Waals surface area (Å²) < 4.78 is 50.9. The maximum atomic E-state index is 13.9. The van der Waals surface area contributed by atoms with Gasteiger partial charge >= 0.3 is 0 Å². The van der Waals surface area contributed by atoms with Crippen molar-refractivity contribution in [2.75, 3.05) is 27.4 Å². The third-order valence-corrected chi connectivity index (χ3v) is 5.15. The molecule has 2 rings (SSSR count). The van der Waals surface area contributed by atoms with Gasteiger partial charge in [-0.15, -0.1) is 0 Å². The van der Waals surface area contributed by atoms with Crippen molar-refractivity contribution < 1.29 is 17.2 Å². The lowest BCUT2D eigenvalue weighted by Gasteiger charge is -2.15. The molecule has 0 aliphatic rings. The van der Waals surface area contributed by atoms with E-state index in [2.05, 4.69) is 15.6 Å². The second-order valence-corrected chi connectivity index (χ2v) is 9.57. The van der Waals surface area contributed by atoms with Crippen molar-refractivity contribution in [2.45, 2.75) is 25.4 Å². The van der Waals surface area contributed by atoms with E-state index in [-0.39, 0.29) is 18.1 Å². The quantitative estimate of drug-likeness (QED) is 0.489. The van der Waals surface area contributed by atoms with E-state index < -0.39 is 15.7 Å². The SMILES string of the molecule is CN=C(NCc1ccc(F)c(CN(C)C)c1)NCc1cc(F)ccc1CS(C)(=O)=O. The highest BCUT2D eigenvalue weighted by molar-refractivity contribution is 7.89. The number of hydrogen-bond donors (Lipinski definition) is 2. The van der Waals surface area contributed by atoms with Crippen molar-refractivity contribution in [2.24, 2.45) is 4.99 Å². The summed E-state index contributed by atoms with van der Waals surface area (Å²) in [5, 5.41) is 6.19. The Hall–Kier alpha value is -2.52. The number of hydrogen-bond acceptors (Lipinski definition) is 4. The number of nitrogens with one attached hydrogen (secondary N) is 2.